The first-order valence-corrected chi connectivity index (χ1v) is 10.1. The summed E-state index contributed by atoms with van der Waals surface area (Å²) >= 11 is 3.41. The predicted molar refractivity (Wildman–Crippen MR) is 114 cm³/mol. The zero-order chi connectivity index (χ0) is 20.7. The number of likely N-dealkylation sites (N-methyl/N-ethyl adjacent to an activating group) is 1. The number of benzene rings is 2. The van der Waals surface area contributed by atoms with Gasteiger partial charge < -0.3 is 15.0 Å². The maximum atomic E-state index is 12.9. The van der Waals surface area contributed by atoms with E-state index in [4.69, 9.17) is 4.74 Å². The fraction of sp³-hybridized carbons (Fsp3) is 0.364. The van der Waals surface area contributed by atoms with Crippen molar-refractivity contribution in [3.05, 3.63) is 63.6 Å². The summed E-state index contributed by atoms with van der Waals surface area (Å²) in [4.78, 5) is 26.8. The lowest BCUT2D eigenvalue weighted by Gasteiger charge is -2.28. The molecule has 6 heteroatoms. The molecule has 1 atom stereocenters. The lowest BCUT2D eigenvalue weighted by Crippen LogP contribution is -2.49. The van der Waals surface area contributed by atoms with Crippen molar-refractivity contribution >= 4 is 27.7 Å². The lowest BCUT2D eigenvalue weighted by molar-refractivity contribution is -0.142. The van der Waals surface area contributed by atoms with E-state index in [1.165, 1.54) is 5.56 Å². The predicted octanol–water partition coefficient (Wildman–Crippen LogP) is 4.00. The second kappa shape index (κ2) is 10.3. The third-order valence-electron chi connectivity index (χ3n) is 4.63. The number of nitrogens with one attached hydrogen (secondary N) is 1. The summed E-state index contributed by atoms with van der Waals surface area (Å²) in [5.74, 6) is 0.227. The molecule has 0 saturated carbocycles. The molecule has 1 N–H and O–H groups in total. The maximum Gasteiger partial charge on any atom is 0.261 e. The van der Waals surface area contributed by atoms with E-state index in [-0.39, 0.29) is 18.4 Å². The fourth-order valence-electron chi connectivity index (χ4n) is 2.72. The number of hydrogen-bond donors (Lipinski definition) is 1. The Morgan fingerprint density at radius 2 is 1.79 bits per heavy atom. The number of amides is 2. The van der Waals surface area contributed by atoms with Crippen LogP contribution in [0.15, 0.2) is 46.9 Å². The van der Waals surface area contributed by atoms with E-state index in [9.17, 15) is 9.59 Å². The number of nitrogens with zero attached hydrogens (tertiary/aromatic N) is 1. The molecule has 0 aliphatic heterocycles. The standard InChI is InChI=1S/C22H27BrN2O3/c1-5-24-22(27)17(4)25(13-18-7-9-19(23)10-8-18)21(26)14-28-20-11-6-15(2)16(3)12-20/h6-12,17H,5,13-14H2,1-4H3,(H,24,27)/t17-/m1/s1. The minimum atomic E-state index is -0.598. The number of aryl methyl sites for hydroxylation is 2. The van der Waals surface area contributed by atoms with Crippen molar-refractivity contribution in [2.24, 2.45) is 0 Å². The second-order valence-electron chi connectivity index (χ2n) is 6.75. The molecule has 0 radical (unpaired) electrons. The van der Waals surface area contributed by atoms with Gasteiger partial charge in [0.25, 0.3) is 5.91 Å². The zero-order valence-corrected chi connectivity index (χ0v) is 18.4. The van der Waals surface area contributed by atoms with Gasteiger partial charge >= 0.3 is 0 Å². The molecule has 2 aromatic carbocycles. The summed E-state index contributed by atoms with van der Waals surface area (Å²) in [6.45, 7) is 8.34. The molecular weight excluding hydrogens is 420 g/mol. The van der Waals surface area contributed by atoms with Gasteiger partial charge in [0.2, 0.25) is 5.91 Å². The van der Waals surface area contributed by atoms with Gasteiger partial charge in [0.15, 0.2) is 6.61 Å². The minimum absolute atomic E-state index is 0.122. The van der Waals surface area contributed by atoms with Crippen LogP contribution < -0.4 is 10.1 Å². The molecule has 0 saturated heterocycles. The number of halogens is 1. The van der Waals surface area contributed by atoms with Crippen molar-refractivity contribution in [3.8, 4) is 5.75 Å². The highest BCUT2D eigenvalue weighted by atomic mass is 79.9. The van der Waals surface area contributed by atoms with Gasteiger partial charge in [-0.15, -0.1) is 0 Å². The second-order valence-corrected chi connectivity index (χ2v) is 7.67. The van der Waals surface area contributed by atoms with Gasteiger partial charge in [-0.1, -0.05) is 34.1 Å². The number of hydrogen-bond acceptors (Lipinski definition) is 3. The highest BCUT2D eigenvalue weighted by Gasteiger charge is 2.26. The summed E-state index contributed by atoms with van der Waals surface area (Å²) in [7, 11) is 0. The first-order chi connectivity index (χ1) is 13.3. The van der Waals surface area contributed by atoms with Crippen LogP contribution in [0.25, 0.3) is 0 Å². The van der Waals surface area contributed by atoms with E-state index in [1.54, 1.807) is 11.8 Å². The highest BCUT2D eigenvalue weighted by molar-refractivity contribution is 9.10. The van der Waals surface area contributed by atoms with Crippen LogP contribution in [0.5, 0.6) is 5.75 Å². The van der Waals surface area contributed by atoms with E-state index in [0.29, 0.717) is 18.8 Å². The minimum Gasteiger partial charge on any atom is -0.484 e. The van der Waals surface area contributed by atoms with Crippen LogP contribution in [-0.2, 0) is 16.1 Å². The molecule has 0 aromatic heterocycles. The van der Waals surface area contributed by atoms with Crippen LogP contribution in [-0.4, -0.2) is 35.9 Å². The molecule has 0 fully saturated rings. The quantitative estimate of drug-likeness (QED) is 0.666. The van der Waals surface area contributed by atoms with Gasteiger partial charge in [0, 0.05) is 17.6 Å². The van der Waals surface area contributed by atoms with Crippen molar-refractivity contribution in [3.63, 3.8) is 0 Å². The monoisotopic (exact) mass is 446 g/mol. The Morgan fingerprint density at radius 3 is 2.39 bits per heavy atom. The van der Waals surface area contributed by atoms with Crippen LogP contribution in [0.2, 0.25) is 0 Å². The lowest BCUT2D eigenvalue weighted by atomic mass is 10.1. The SMILES string of the molecule is CCNC(=O)[C@@H](C)N(Cc1ccc(Br)cc1)C(=O)COc1ccc(C)c(C)c1. The molecule has 28 heavy (non-hydrogen) atoms. The van der Waals surface area contributed by atoms with Crippen LogP contribution in [0.3, 0.4) is 0 Å². The van der Waals surface area contributed by atoms with Crippen LogP contribution in [0.4, 0.5) is 0 Å². The van der Waals surface area contributed by atoms with Gasteiger partial charge in [-0.3, -0.25) is 9.59 Å². The number of carbonyl (C=O) groups is 2. The van der Waals surface area contributed by atoms with E-state index in [2.05, 4.69) is 21.2 Å². The first-order valence-electron chi connectivity index (χ1n) is 9.33. The molecule has 0 heterocycles. The van der Waals surface area contributed by atoms with E-state index >= 15 is 0 Å². The first kappa shape index (κ1) is 22.0. The molecule has 0 unspecified atom stereocenters. The van der Waals surface area contributed by atoms with Crippen molar-refractivity contribution in [1.29, 1.82) is 0 Å². The molecule has 150 valence electrons. The van der Waals surface area contributed by atoms with Gasteiger partial charge in [-0.05, 0) is 68.7 Å². The normalized spacial score (nSPS) is 11.6. The molecule has 2 aromatic rings. The number of ether oxygens (including phenoxy) is 1. The smallest absolute Gasteiger partial charge is 0.261 e. The van der Waals surface area contributed by atoms with Crippen molar-refractivity contribution in [2.75, 3.05) is 13.2 Å². The van der Waals surface area contributed by atoms with E-state index < -0.39 is 6.04 Å². The Balaban J connectivity index is 2.13. The molecule has 2 rings (SSSR count). The van der Waals surface area contributed by atoms with E-state index in [0.717, 1.165) is 15.6 Å². The average Bonchev–Trinajstić information content (AvgIpc) is 2.68. The Hall–Kier alpha value is -2.34. The molecule has 0 aliphatic carbocycles. The molecule has 0 bridgehead atoms. The highest BCUT2D eigenvalue weighted by Crippen LogP contribution is 2.18. The third-order valence-corrected chi connectivity index (χ3v) is 5.15. The number of rotatable bonds is 8. The molecule has 2 amide bonds. The van der Waals surface area contributed by atoms with Crippen LogP contribution in [0, 0.1) is 13.8 Å². The summed E-state index contributed by atoms with van der Waals surface area (Å²) in [6.07, 6.45) is 0. The summed E-state index contributed by atoms with van der Waals surface area (Å²) in [5.41, 5.74) is 3.21. The zero-order valence-electron chi connectivity index (χ0n) is 16.8. The Morgan fingerprint density at radius 1 is 1.11 bits per heavy atom. The summed E-state index contributed by atoms with van der Waals surface area (Å²) < 4.78 is 6.66. The van der Waals surface area contributed by atoms with Gasteiger partial charge in [0.1, 0.15) is 11.8 Å². The largest absolute Gasteiger partial charge is 0.484 e. The molecule has 5 nitrogen and oxygen atoms in total. The van der Waals surface area contributed by atoms with Crippen LogP contribution in [0.1, 0.15) is 30.5 Å². The molecule has 0 spiro atoms. The fourth-order valence-corrected chi connectivity index (χ4v) is 2.99. The third kappa shape index (κ3) is 6.09. The van der Waals surface area contributed by atoms with Crippen LogP contribution >= 0.6 is 15.9 Å². The summed E-state index contributed by atoms with van der Waals surface area (Å²) in [5, 5.41) is 2.78. The Bertz CT molecular complexity index is 821. The van der Waals surface area contributed by atoms with Gasteiger partial charge in [-0.25, -0.2) is 0 Å². The molecular formula is C22H27BrN2O3. The van der Waals surface area contributed by atoms with Gasteiger partial charge in [-0.2, -0.15) is 0 Å². The maximum absolute atomic E-state index is 12.9. The Kier molecular flexibility index (Phi) is 8.05. The topological polar surface area (TPSA) is 58.6 Å². The van der Waals surface area contributed by atoms with Crippen molar-refractivity contribution in [1.82, 2.24) is 10.2 Å². The van der Waals surface area contributed by atoms with E-state index in [1.807, 2.05) is 63.2 Å². The average molecular weight is 447 g/mol. The summed E-state index contributed by atoms with van der Waals surface area (Å²) in [6, 6.07) is 12.8. The van der Waals surface area contributed by atoms with Crippen molar-refractivity contribution < 1.29 is 14.3 Å². The molecule has 0 aliphatic rings. The van der Waals surface area contributed by atoms with Crippen molar-refractivity contribution in [2.45, 2.75) is 40.3 Å². The number of carbonyl (C=O) groups excluding carboxylic acids is 2. The van der Waals surface area contributed by atoms with Gasteiger partial charge in [0.05, 0.1) is 0 Å². The Labute approximate surface area is 175 Å².